The summed E-state index contributed by atoms with van der Waals surface area (Å²) in [5.74, 6) is 8.50. The summed E-state index contributed by atoms with van der Waals surface area (Å²) in [5, 5.41) is 43.5. The molecule has 57 heavy (non-hydrogen) atoms. The van der Waals surface area contributed by atoms with Crippen molar-refractivity contribution in [3.05, 3.63) is 83.9 Å². The lowest BCUT2D eigenvalue weighted by Gasteiger charge is -2.61. The van der Waals surface area contributed by atoms with Crippen molar-refractivity contribution >= 4 is 16.9 Å². The molecule has 3 aromatic rings. The molecule has 0 radical (unpaired) electrons. The number of nitrogens with one attached hydrogen (secondary N) is 3. The molecule has 6 bridgehead atoms. The molecule has 2 aromatic heterocycles. The second-order valence-electron chi connectivity index (χ2n) is 20.1. The van der Waals surface area contributed by atoms with E-state index in [1.807, 2.05) is 6.20 Å². The molecule has 5 fully saturated rings. The summed E-state index contributed by atoms with van der Waals surface area (Å²) in [4.78, 5) is 12.2. The average Bonchev–Trinajstić information content (AvgIpc) is 3.98. The molecule has 300 valence electrons. The molecular formula is C49H61N5O3. The van der Waals surface area contributed by atoms with Gasteiger partial charge >= 0.3 is 0 Å². The van der Waals surface area contributed by atoms with Gasteiger partial charge in [-0.05, 0) is 141 Å². The van der Waals surface area contributed by atoms with Crippen molar-refractivity contribution in [1.29, 1.82) is 0 Å². The van der Waals surface area contributed by atoms with Gasteiger partial charge in [-0.1, -0.05) is 73.1 Å². The van der Waals surface area contributed by atoms with E-state index in [9.17, 15) is 15.3 Å². The first-order chi connectivity index (χ1) is 27.7. The number of hydrogen-bond acceptors (Lipinski definition) is 4. The highest BCUT2D eigenvalue weighted by Crippen LogP contribution is 2.75. The monoisotopic (exact) mass is 767 g/mol. The van der Waals surface area contributed by atoms with Gasteiger partial charge in [0.25, 0.3) is 0 Å². The van der Waals surface area contributed by atoms with Gasteiger partial charge in [0.1, 0.15) is 0 Å². The number of benzene rings is 1. The molecule has 8 heteroatoms. The molecule has 2 spiro atoms. The number of H-pyrrole nitrogens is 2. The lowest BCUT2D eigenvalue weighted by atomic mass is 9.42. The summed E-state index contributed by atoms with van der Waals surface area (Å²) < 4.78 is 0. The first-order valence-corrected chi connectivity index (χ1v) is 22.5. The molecule has 0 unspecified atom stereocenters. The minimum atomic E-state index is -1.44. The van der Waals surface area contributed by atoms with Crippen molar-refractivity contribution in [3.63, 3.8) is 0 Å². The van der Waals surface area contributed by atoms with Crippen LogP contribution >= 0.6 is 0 Å². The fourth-order valence-electron chi connectivity index (χ4n) is 15.2. The summed E-state index contributed by atoms with van der Waals surface area (Å²) in [7, 11) is 0. The topological polar surface area (TPSA) is 143 Å². The van der Waals surface area contributed by atoms with E-state index in [1.54, 1.807) is 0 Å². The van der Waals surface area contributed by atoms with Crippen LogP contribution in [-0.2, 0) is 12.8 Å². The molecule has 11 rings (SSSR count). The first kappa shape index (κ1) is 36.3. The molecule has 0 saturated heterocycles. The number of nitrogens with two attached hydrogens (primary N) is 1. The highest BCUT2D eigenvalue weighted by molar-refractivity contribution is 5.80. The zero-order valence-electron chi connectivity index (χ0n) is 33.3. The number of rotatable bonds is 6. The van der Waals surface area contributed by atoms with Crippen LogP contribution in [0.15, 0.2) is 77.5 Å². The van der Waals surface area contributed by atoms with Crippen LogP contribution in [0.3, 0.4) is 0 Å². The van der Waals surface area contributed by atoms with Gasteiger partial charge in [-0.25, -0.2) is 0 Å². The van der Waals surface area contributed by atoms with E-state index in [0.717, 1.165) is 63.3 Å². The van der Waals surface area contributed by atoms with Crippen LogP contribution in [-0.4, -0.2) is 60.6 Å². The smallest absolute Gasteiger partial charge is 0.189 e. The predicted octanol–water partition coefficient (Wildman–Crippen LogP) is 7.09. The van der Waals surface area contributed by atoms with Gasteiger partial charge in [-0.15, -0.1) is 0 Å². The summed E-state index contributed by atoms with van der Waals surface area (Å²) in [5.41, 5.74) is 9.01. The van der Waals surface area contributed by atoms with E-state index >= 15 is 0 Å². The normalized spacial score (nSPS) is 43.5. The number of aliphatic hydroxyl groups is 3. The Labute approximate surface area is 337 Å². The molecule has 8 aliphatic carbocycles. The van der Waals surface area contributed by atoms with Crippen LogP contribution in [0.1, 0.15) is 101 Å². The number of nitrogens with zero attached hydrogens (tertiary/aromatic N) is 1. The van der Waals surface area contributed by atoms with Gasteiger partial charge in [0.2, 0.25) is 0 Å². The van der Waals surface area contributed by atoms with Crippen molar-refractivity contribution in [2.75, 3.05) is 0 Å². The Kier molecular flexibility index (Phi) is 8.52. The van der Waals surface area contributed by atoms with Crippen molar-refractivity contribution in [1.82, 2.24) is 15.3 Å². The summed E-state index contributed by atoms with van der Waals surface area (Å²) in [6.07, 6.45) is 23.6. The molecule has 1 aromatic carbocycles. The third-order valence-electron chi connectivity index (χ3n) is 17.2. The van der Waals surface area contributed by atoms with Crippen molar-refractivity contribution < 1.29 is 15.3 Å². The van der Waals surface area contributed by atoms with E-state index in [4.69, 9.17) is 10.7 Å². The number of aliphatic hydroxyl groups excluding tert-OH is 1. The second-order valence-corrected chi connectivity index (χ2v) is 20.1. The fraction of sp³-hybridized carbons (Fsp3) is 0.612. The Morgan fingerprint density at radius 2 is 1.77 bits per heavy atom. The fourth-order valence-corrected chi connectivity index (χ4v) is 15.2. The number of aromatic amines is 2. The van der Waals surface area contributed by atoms with Crippen LogP contribution in [0.25, 0.3) is 10.9 Å². The Morgan fingerprint density at radius 1 is 0.912 bits per heavy atom. The van der Waals surface area contributed by atoms with Gasteiger partial charge in [-0.2, -0.15) is 0 Å². The summed E-state index contributed by atoms with van der Waals surface area (Å²) >= 11 is 0. The van der Waals surface area contributed by atoms with Crippen molar-refractivity contribution in [2.24, 2.45) is 63.0 Å². The summed E-state index contributed by atoms with van der Waals surface area (Å²) in [6.45, 7) is 0. The largest absolute Gasteiger partial charge is 0.390 e. The maximum atomic E-state index is 13.3. The maximum Gasteiger partial charge on any atom is 0.189 e. The van der Waals surface area contributed by atoms with Crippen LogP contribution in [0, 0.1) is 64.1 Å². The Morgan fingerprint density at radius 3 is 2.61 bits per heavy atom. The Bertz CT molecular complexity index is 2140. The van der Waals surface area contributed by atoms with Crippen molar-refractivity contribution in [2.45, 2.75) is 132 Å². The first-order valence-electron chi connectivity index (χ1n) is 22.5. The highest BCUT2D eigenvalue weighted by Gasteiger charge is 2.75. The van der Waals surface area contributed by atoms with Gasteiger partial charge in [0.15, 0.2) is 5.96 Å². The third kappa shape index (κ3) is 5.61. The Balaban J connectivity index is 1.09. The number of hydrogen-bond donors (Lipinski definition) is 7. The average molecular weight is 768 g/mol. The standard InChI is InChI=1S/C49H61N5O3/c50-45(53-34-9-2-1-3-10-34)54-36-15-14-32-27-46(20-18-30(26-46)22-35-11-7-21-51-35)28-33(24-37-23-31-8-4-5-13-42(31)52-37)49(32)39-12-6-19-47(56)38(39)16-17-40(49)44-41(47)25-43(55)48(44,57)29-36/h4-8,11-13,21,23,28,30,32,34,36,38-41,43-44,51-52,55-57H,1-3,9-10,16-20,22,24-27,29H2,(H3,50,53,54)/t30-,32+,36+,38+,39+,40+,41+,43+,44+,46+,47+,48+,49+/m1/s1. The quantitative estimate of drug-likeness (QED) is 0.0621. The van der Waals surface area contributed by atoms with Crippen LogP contribution in [0.2, 0.25) is 0 Å². The van der Waals surface area contributed by atoms with Crippen LogP contribution in [0.5, 0.6) is 0 Å². The summed E-state index contributed by atoms with van der Waals surface area (Å²) in [6, 6.07) is 15.0. The van der Waals surface area contributed by atoms with Gasteiger partial charge < -0.3 is 36.3 Å². The van der Waals surface area contributed by atoms with Gasteiger partial charge in [0, 0.05) is 47.3 Å². The lowest BCUT2D eigenvalue weighted by Crippen LogP contribution is -2.59. The number of para-hydroxylation sites is 1. The lowest BCUT2D eigenvalue weighted by molar-refractivity contribution is -0.133. The molecule has 0 amide bonds. The molecule has 2 heterocycles. The predicted molar refractivity (Wildman–Crippen MR) is 224 cm³/mol. The van der Waals surface area contributed by atoms with E-state index in [-0.39, 0.29) is 53.4 Å². The van der Waals surface area contributed by atoms with Crippen LogP contribution < -0.4 is 11.1 Å². The minimum absolute atomic E-state index is 0.00673. The van der Waals surface area contributed by atoms with E-state index < -0.39 is 28.8 Å². The van der Waals surface area contributed by atoms with Gasteiger partial charge in [0.05, 0.1) is 29.4 Å². The van der Waals surface area contributed by atoms with Gasteiger partial charge in [-0.3, -0.25) is 4.99 Å². The molecule has 8 nitrogen and oxygen atoms in total. The van der Waals surface area contributed by atoms with Crippen molar-refractivity contribution in [3.8, 4) is 11.8 Å². The zero-order valence-corrected chi connectivity index (χ0v) is 33.3. The molecule has 13 atom stereocenters. The number of aromatic nitrogens is 2. The maximum absolute atomic E-state index is 13.3. The number of allylic oxidation sites excluding steroid dienone is 3. The van der Waals surface area contributed by atoms with Crippen LogP contribution in [0.4, 0.5) is 0 Å². The SMILES string of the molecule is NC(=NC1CCCCC1)N[C@H]1C#C[C@H]2C[C@]3(C=C(Cc4cc5ccccc5[nH]4)[C@]24[C@H]2C=CC[C@@]5(O)[C@H]6C[C@H](O)[C@@](O)(C1)[C@H]6[C@@H]4CC[C@@H]25)CC[C@H](Cc1ccc[nH]1)C3. The minimum Gasteiger partial charge on any atom is -0.390 e. The molecule has 8 N–H and O–H groups in total. The Hall–Kier alpha value is -3.77. The van der Waals surface area contributed by atoms with E-state index in [0.29, 0.717) is 24.7 Å². The number of guanidine groups is 1. The highest BCUT2D eigenvalue weighted by atomic mass is 16.3. The molecule has 0 aliphatic heterocycles. The molecule has 5 saturated carbocycles. The molecule has 8 aliphatic rings. The second kappa shape index (κ2) is 13.4. The number of aliphatic imine (C=N–C) groups is 1. The van der Waals surface area contributed by atoms with E-state index in [2.05, 4.69) is 87.8 Å². The zero-order chi connectivity index (χ0) is 38.6. The third-order valence-corrected chi connectivity index (χ3v) is 17.2. The molecular weight excluding hydrogens is 707 g/mol. The van der Waals surface area contributed by atoms with E-state index in [1.165, 1.54) is 48.0 Å². The number of fused-ring (bicyclic) bond motifs is 2.